The third kappa shape index (κ3) is 2.71. The van der Waals surface area contributed by atoms with Gasteiger partial charge in [-0.2, -0.15) is 0 Å². The van der Waals surface area contributed by atoms with Crippen LogP contribution < -0.4 is 0 Å². The van der Waals surface area contributed by atoms with E-state index in [1.807, 2.05) is 42.3 Å². The largest absolute Gasteiger partial charge is 0.345 e. The van der Waals surface area contributed by atoms with Crippen molar-refractivity contribution in [3.63, 3.8) is 0 Å². The molecule has 1 atom stereocenters. The number of hydrogen-bond donors (Lipinski definition) is 0. The molecule has 0 bridgehead atoms. The lowest BCUT2D eigenvalue weighted by Crippen LogP contribution is -2.48. The van der Waals surface area contributed by atoms with Gasteiger partial charge in [0.1, 0.15) is 6.33 Å². The van der Waals surface area contributed by atoms with E-state index in [1.54, 1.807) is 11.0 Å². The minimum absolute atomic E-state index is 0.172. The quantitative estimate of drug-likeness (QED) is 0.862. The van der Waals surface area contributed by atoms with Crippen molar-refractivity contribution in [3.05, 3.63) is 42.5 Å². The smallest absolute Gasteiger partial charge is 0.229 e. The van der Waals surface area contributed by atoms with Crippen LogP contribution in [0.25, 0.3) is 5.69 Å². The van der Waals surface area contributed by atoms with E-state index in [4.69, 9.17) is 0 Å². The van der Waals surface area contributed by atoms with E-state index >= 15 is 0 Å². The van der Waals surface area contributed by atoms with Gasteiger partial charge < -0.3 is 4.90 Å². The van der Waals surface area contributed by atoms with Crippen LogP contribution in [-0.2, 0) is 11.3 Å². The van der Waals surface area contributed by atoms with E-state index in [0.717, 1.165) is 50.4 Å². The van der Waals surface area contributed by atoms with Gasteiger partial charge in [0.25, 0.3) is 0 Å². The Hall–Kier alpha value is -2.21. The fourth-order valence-electron chi connectivity index (χ4n) is 4.01. The highest BCUT2D eigenvalue weighted by molar-refractivity contribution is 5.83. The maximum atomic E-state index is 12.6. The van der Waals surface area contributed by atoms with Crippen molar-refractivity contribution in [3.8, 4) is 5.69 Å². The molecule has 1 unspecified atom stereocenters. The molecule has 6 nitrogen and oxygen atoms in total. The molecule has 0 N–H and O–H groups in total. The number of hydrogen-bond acceptors (Lipinski definition) is 4. The van der Waals surface area contributed by atoms with Gasteiger partial charge in [0.15, 0.2) is 5.82 Å². The van der Waals surface area contributed by atoms with Gasteiger partial charge >= 0.3 is 0 Å². The fraction of sp³-hybridized carbons (Fsp3) is 0.500. The van der Waals surface area contributed by atoms with Gasteiger partial charge in [-0.15, -0.1) is 5.10 Å². The average molecular weight is 325 g/mol. The Kier molecular flexibility index (Phi) is 3.84. The molecule has 0 radical (unpaired) electrons. The molecular weight excluding hydrogens is 302 g/mol. The van der Waals surface area contributed by atoms with Crippen LogP contribution in [-0.4, -0.2) is 57.2 Å². The first-order valence-electron chi connectivity index (χ1n) is 8.60. The van der Waals surface area contributed by atoms with Crippen LogP contribution in [0.4, 0.5) is 0 Å². The predicted molar refractivity (Wildman–Crippen MR) is 90.6 cm³/mol. The van der Waals surface area contributed by atoms with Gasteiger partial charge in [-0.05, 0) is 37.9 Å². The zero-order valence-electron chi connectivity index (χ0n) is 14.1. The third-order valence-corrected chi connectivity index (χ3v) is 5.31. The predicted octanol–water partition coefficient (Wildman–Crippen LogP) is 1.71. The number of piperidine rings is 1. The summed E-state index contributed by atoms with van der Waals surface area (Å²) in [6.45, 7) is 3.37. The standard InChI is InChI=1S/C18H23N5O/c1-21-10-5-8-18(17(21)24)9-11-22(13-18)12-16-19-14-23(20-16)15-6-3-2-4-7-15/h2-4,6-7,14H,5,8-13H2,1H3. The summed E-state index contributed by atoms with van der Waals surface area (Å²) in [6, 6.07) is 10.0. The number of aromatic nitrogens is 3. The Balaban J connectivity index is 1.44. The Morgan fingerprint density at radius 3 is 2.83 bits per heavy atom. The second kappa shape index (κ2) is 6.02. The van der Waals surface area contributed by atoms with Crippen molar-refractivity contribution in [2.45, 2.75) is 25.8 Å². The van der Waals surface area contributed by atoms with Crippen molar-refractivity contribution >= 4 is 5.91 Å². The fourth-order valence-corrected chi connectivity index (χ4v) is 4.01. The molecule has 4 rings (SSSR count). The van der Waals surface area contributed by atoms with E-state index < -0.39 is 0 Å². The molecule has 2 saturated heterocycles. The highest BCUT2D eigenvalue weighted by Crippen LogP contribution is 2.39. The van der Waals surface area contributed by atoms with Gasteiger partial charge in [0, 0.05) is 20.1 Å². The van der Waals surface area contributed by atoms with Crippen molar-refractivity contribution in [2.24, 2.45) is 5.41 Å². The number of benzene rings is 1. The molecule has 2 aliphatic heterocycles. The Morgan fingerprint density at radius 2 is 2.00 bits per heavy atom. The molecule has 1 amide bonds. The molecular formula is C18H23N5O. The summed E-state index contributed by atoms with van der Waals surface area (Å²) >= 11 is 0. The lowest BCUT2D eigenvalue weighted by Gasteiger charge is -2.37. The number of carbonyl (C=O) groups excluding carboxylic acids is 1. The summed E-state index contributed by atoms with van der Waals surface area (Å²) < 4.78 is 1.81. The Bertz CT molecular complexity index is 728. The maximum absolute atomic E-state index is 12.6. The highest BCUT2D eigenvalue weighted by Gasteiger charge is 2.47. The van der Waals surface area contributed by atoms with Crippen LogP contribution in [0, 0.1) is 5.41 Å². The van der Waals surface area contributed by atoms with E-state index in [-0.39, 0.29) is 5.41 Å². The molecule has 2 aliphatic rings. The van der Waals surface area contributed by atoms with E-state index in [2.05, 4.69) is 15.0 Å². The summed E-state index contributed by atoms with van der Waals surface area (Å²) in [7, 11) is 1.93. The first-order chi connectivity index (χ1) is 11.7. The summed E-state index contributed by atoms with van der Waals surface area (Å²) in [5.74, 6) is 1.13. The van der Waals surface area contributed by atoms with Crippen LogP contribution in [0.3, 0.4) is 0 Å². The highest BCUT2D eigenvalue weighted by atomic mass is 16.2. The van der Waals surface area contributed by atoms with Gasteiger partial charge in [0.05, 0.1) is 17.6 Å². The number of nitrogens with zero attached hydrogens (tertiary/aromatic N) is 5. The van der Waals surface area contributed by atoms with E-state index in [9.17, 15) is 4.79 Å². The summed E-state index contributed by atoms with van der Waals surface area (Å²) in [6.07, 6.45) is 4.83. The zero-order chi connectivity index (χ0) is 16.6. The van der Waals surface area contributed by atoms with Crippen LogP contribution in [0.1, 0.15) is 25.1 Å². The molecule has 1 aromatic heterocycles. The van der Waals surface area contributed by atoms with Crippen molar-refractivity contribution in [1.29, 1.82) is 0 Å². The summed E-state index contributed by atoms with van der Waals surface area (Å²) in [4.78, 5) is 21.3. The minimum Gasteiger partial charge on any atom is -0.345 e. The van der Waals surface area contributed by atoms with Crippen molar-refractivity contribution in [1.82, 2.24) is 24.6 Å². The maximum Gasteiger partial charge on any atom is 0.229 e. The van der Waals surface area contributed by atoms with Crippen LogP contribution in [0.5, 0.6) is 0 Å². The van der Waals surface area contributed by atoms with Crippen LogP contribution in [0.2, 0.25) is 0 Å². The SMILES string of the molecule is CN1CCCC2(CCN(Cc3ncn(-c4ccccc4)n3)C2)C1=O. The van der Waals surface area contributed by atoms with E-state index in [0.29, 0.717) is 12.5 Å². The molecule has 2 fully saturated rings. The molecule has 24 heavy (non-hydrogen) atoms. The Morgan fingerprint density at radius 1 is 1.17 bits per heavy atom. The lowest BCUT2D eigenvalue weighted by atomic mass is 9.78. The lowest BCUT2D eigenvalue weighted by molar-refractivity contribution is -0.143. The average Bonchev–Trinajstić information content (AvgIpc) is 3.22. The summed E-state index contributed by atoms with van der Waals surface area (Å²) in [5, 5.41) is 4.58. The van der Waals surface area contributed by atoms with Gasteiger partial charge in [-0.1, -0.05) is 18.2 Å². The number of likely N-dealkylation sites (tertiary alicyclic amines) is 2. The minimum atomic E-state index is -0.172. The second-order valence-corrected chi connectivity index (χ2v) is 7.01. The molecule has 1 aromatic carbocycles. The zero-order valence-corrected chi connectivity index (χ0v) is 14.1. The third-order valence-electron chi connectivity index (χ3n) is 5.31. The van der Waals surface area contributed by atoms with Gasteiger partial charge in [-0.25, -0.2) is 9.67 Å². The number of carbonyl (C=O) groups is 1. The van der Waals surface area contributed by atoms with Crippen LogP contribution >= 0.6 is 0 Å². The molecule has 0 aliphatic carbocycles. The Labute approximate surface area is 142 Å². The molecule has 2 aromatic rings. The van der Waals surface area contributed by atoms with Gasteiger partial charge in [0.2, 0.25) is 5.91 Å². The first-order valence-corrected chi connectivity index (χ1v) is 8.60. The first kappa shape index (κ1) is 15.3. The number of amides is 1. The molecule has 6 heteroatoms. The van der Waals surface area contributed by atoms with Gasteiger partial charge in [-0.3, -0.25) is 9.69 Å². The molecule has 3 heterocycles. The van der Waals surface area contributed by atoms with Crippen molar-refractivity contribution in [2.75, 3.05) is 26.7 Å². The second-order valence-electron chi connectivity index (χ2n) is 7.01. The monoisotopic (exact) mass is 325 g/mol. The van der Waals surface area contributed by atoms with E-state index in [1.165, 1.54) is 0 Å². The van der Waals surface area contributed by atoms with Crippen LogP contribution in [0.15, 0.2) is 36.7 Å². The molecule has 126 valence electrons. The summed E-state index contributed by atoms with van der Waals surface area (Å²) in [5.41, 5.74) is 0.841. The topological polar surface area (TPSA) is 54.3 Å². The normalized spacial score (nSPS) is 24.9. The molecule has 1 spiro atoms. The van der Waals surface area contributed by atoms with Crippen molar-refractivity contribution < 1.29 is 4.79 Å². The number of para-hydroxylation sites is 1. The molecule has 0 saturated carbocycles. The number of rotatable bonds is 3.